The molecule has 6 heteroatoms. The van der Waals surface area contributed by atoms with E-state index >= 15 is 0 Å². The first kappa shape index (κ1) is 61.9. The molecule has 0 aliphatic carbocycles. The highest BCUT2D eigenvalue weighted by atomic mass is 31.0. The van der Waals surface area contributed by atoms with Crippen LogP contribution in [0.2, 0.25) is 0 Å². The molecule has 0 heterocycles. The summed E-state index contributed by atoms with van der Waals surface area (Å²) in [5.74, 6) is 3.09. The SMILES string of the molecule is CC(C)(C)c1ccc(OOc2ccc(C(C)(C)C)cc2C(C)(C)C)c(C(C)(C)C)c1.CC(C)(C)c1ccc(OOc2ccc(C(C)(C)C)cc2C(C)(C)C)c(C(C)(C)C)c1.Pc1ccc(-c2ccc(P)cc2)cc1. The Hall–Kier alpha value is -4.62. The van der Waals surface area contributed by atoms with Crippen molar-refractivity contribution in [1.82, 2.24) is 0 Å². The van der Waals surface area contributed by atoms with Crippen LogP contribution in [-0.4, -0.2) is 0 Å². The monoisotopic (exact) mass is 1040 g/mol. The molecule has 0 aliphatic heterocycles. The van der Waals surface area contributed by atoms with Crippen molar-refractivity contribution >= 4 is 29.1 Å². The molecule has 0 amide bonds. The largest absolute Gasteiger partial charge is 0.290 e. The average molecular weight is 1040 g/mol. The van der Waals surface area contributed by atoms with E-state index in [9.17, 15) is 0 Å². The maximum Gasteiger partial charge on any atom is 0.182 e. The second-order valence-corrected chi connectivity index (χ2v) is 29.8. The lowest BCUT2D eigenvalue weighted by atomic mass is 9.80. The third-order valence-electron chi connectivity index (χ3n) is 13.2. The minimum atomic E-state index is -0.0527. The Bertz CT molecular complexity index is 2430. The Morgan fingerprint density at radius 2 is 0.405 bits per heavy atom. The molecular weight excluding hydrogens is 943 g/mol. The van der Waals surface area contributed by atoms with Gasteiger partial charge in [0, 0.05) is 22.3 Å². The van der Waals surface area contributed by atoms with Crippen LogP contribution in [0.15, 0.2) is 121 Å². The summed E-state index contributed by atoms with van der Waals surface area (Å²) < 4.78 is 0. The standard InChI is InChI=1S/2C28H42O2.C12H12P2/c2*1-25(2,3)19-13-15-23(21(17-19)27(7,8)9)29-30-24-16-14-20(26(4,5)6)18-22(24)28(10,11)12;13-11-5-1-9(2-6-11)10-3-7-12(14)8-4-10/h2*13-18H,1-12H3;1-8H,13-14H2. The fourth-order valence-corrected chi connectivity index (χ4v) is 8.54. The van der Waals surface area contributed by atoms with Crippen LogP contribution in [0.4, 0.5) is 0 Å². The third-order valence-corrected chi connectivity index (χ3v) is 14.0. The maximum atomic E-state index is 5.98. The van der Waals surface area contributed by atoms with Gasteiger partial charge >= 0.3 is 0 Å². The normalized spacial score (nSPS) is 12.7. The zero-order chi connectivity index (χ0) is 56.2. The molecule has 4 nitrogen and oxygen atoms in total. The van der Waals surface area contributed by atoms with Gasteiger partial charge in [0.15, 0.2) is 23.0 Å². The van der Waals surface area contributed by atoms with Crippen molar-refractivity contribution in [1.29, 1.82) is 0 Å². The van der Waals surface area contributed by atoms with Crippen LogP contribution in [0.5, 0.6) is 23.0 Å². The predicted octanol–water partition coefficient (Wildman–Crippen LogP) is 18.9. The maximum absolute atomic E-state index is 5.98. The van der Waals surface area contributed by atoms with E-state index in [1.165, 1.54) is 44.0 Å². The fourth-order valence-electron chi connectivity index (χ4n) is 8.15. The number of hydrogen-bond donors (Lipinski definition) is 0. The molecule has 2 atom stereocenters. The molecule has 402 valence electrons. The Labute approximate surface area is 455 Å². The van der Waals surface area contributed by atoms with Gasteiger partial charge in [-0.2, -0.15) is 0 Å². The van der Waals surface area contributed by atoms with Crippen molar-refractivity contribution in [2.24, 2.45) is 0 Å². The summed E-state index contributed by atoms with van der Waals surface area (Å²) in [4.78, 5) is 23.9. The predicted molar refractivity (Wildman–Crippen MR) is 328 cm³/mol. The molecule has 0 N–H and O–H groups in total. The summed E-state index contributed by atoms with van der Waals surface area (Å²) in [6.45, 7) is 53.3. The second-order valence-electron chi connectivity index (χ2n) is 28.4. The zero-order valence-corrected chi connectivity index (χ0v) is 52.6. The molecule has 0 saturated carbocycles. The van der Waals surface area contributed by atoms with Gasteiger partial charge < -0.3 is 0 Å². The molecule has 0 fully saturated rings. The highest BCUT2D eigenvalue weighted by Crippen LogP contribution is 2.41. The van der Waals surface area contributed by atoms with Gasteiger partial charge in [0.1, 0.15) is 0 Å². The highest BCUT2D eigenvalue weighted by molar-refractivity contribution is 7.27. The molecule has 2 unspecified atom stereocenters. The van der Waals surface area contributed by atoms with Crippen molar-refractivity contribution < 1.29 is 19.6 Å². The van der Waals surface area contributed by atoms with E-state index in [1.807, 2.05) is 24.3 Å². The van der Waals surface area contributed by atoms with E-state index in [4.69, 9.17) is 19.6 Å². The van der Waals surface area contributed by atoms with Gasteiger partial charge in [-0.15, -0.1) is 18.5 Å². The number of rotatable bonds is 7. The zero-order valence-electron chi connectivity index (χ0n) is 50.3. The Kier molecular flexibility index (Phi) is 19.5. The van der Waals surface area contributed by atoms with E-state index < -0.39 is 0 Å². The van der Waals surface area contributed by atoms with Crippen LogP contribution in [0.3, 0.4) is 0 Å². The smallest absolute Gasteiger partial charge is 0.182 e. The Morgan fingerprint density at radius 3 is 0.554 bits per heavy atom. The molecule has 6 rings (SSSR count). The molecule has 74 heavy (non-hydrogen) atoms. The van der Waals surface area contributed by atoms with Crippen LogP contribution < -0.4 is 30.2 Å². The van der Waals surface area contributed by atoms with Crippen LogP contribution in [0.1, 0.15) is 211 Å². The van der Waals surface area contributed by atoms with Crippen molar-refractivity contribution in [3.8, 4) is 34.1 Å². The topological polar surface area (TPSA) is 36.9 Å². The molecule has 0 aliphatic rings. The van der Waals surface area contributed by atoms with Gasteiger partial charge in [-0.3, -0.25) is 19.6 Å². The van der Waals surface area contributed by atoms with Crippen molar-refractivity contribution in [2.75, 3.05) is 0 Å². The summed E-state index contributed by atoms with van der Waals surface area (Å²) in [5, 5.41) is 2.44. The first-order chi connectivity index (χ1) is 33.6. The molecule has 0 spiro atoms. The van der Waals surface area contributed by atoms with Gasteiger partial charge in [-0.05, 0) is 112 Å². The molecule has 6 aromatic rings. The second kappa shape index (κ2) is 23.3. The van der Waals surface area contributed by atoms with E-state index in [0.29, 0.717) is 0 Å². The number of benzene rings is 6. The Morgan fingerprint density at radius 1 is 0.230 bits per heavy atom. The van der Waals surface area contributed by atoms with Gasteiger partial charge in [0.2, 0.25) is 0 Å². The summed E-state index contributed by atoms with van der Waals surface area (Å²) in [6.07, 6.45) is 0. The lowest BCUT2D eigenvalue weighted by Crippen LogP contribution is -2.20. The number of hydrogen-bond acceptors (Lipinski definition) is 4. The lowest BCUT2D eigenvalue weighted by Gasteiger charge is -2.28. The Balaban J connectivity index is 0.000000255. The summed E-state index contributed by atoms with van der Waals surface area (Å²) in [7, 11) is 5.39. The summed E-state index contributed by atoms with van der Waals surface area (Å²) in [5.41, 5.74) is 12.4. The summed E-state index contributed by atoms with van der Waals surface area (Å²) >= 11 is 0. The van der Waals surface area contributed by atoms with E-state index in [2.05, 4.69) is 282 Å². The minimum Gasteiger partial charge on any atom is -0.290 e. The molecule has 0 bridgehead atoms. The minimum absolute atomic E-state index is 0.0527. The van der Waals surface area contributed by atoms with Crippen molar-refractivity contribution in [3.05, 3.63) is 166 Å². The van der Waals surface area contributed by atoms with Gasteiger partial charge in [-0.25, -0.2) is 0 Å². The fraction of sp³-hybridized carbons (Fsp3) is 0.471. The van der Waals surface area contributed by atoms with Crippen LogP contribution in [0, 0.1) is 0 Å². The van der Waals surface area contributed by atoms with Crippen LogP contribution in [0.25, 0.3) is 11.1 Å². The van der Waals surface area contributed by atoms with E-state index in [0.717, 1.165) is 45.3 Å². The molecule has 0 saturated heterocycles. The first-order valence-corrected chi connectivity index (χ1v) is 27.7. The third kappa shape index (κ3) is 17.7. The van der Waals surface area contributed by atoms with Gasteiger partial charge in [0.05, 0.1) is 0 Å². The first-order valence-electron chi connectivity index (χ1n) is 26.6. The summed E-state index contributed by atoms with van der Waals surface area (Å²) in [6, 6.07) is 42.7. The van der Waals surface area contributed by atoms with Crippen molar-refractivity contribution in [3.63, 3.8) is 0 Å². The van der Waals surface area contributed by atoms with E-state index in [1.54, 1.807) is 0 Å². The lowest BCUT2D eigenvalue weighted by molar-refractivity contribution is -0.103. The molecule has 0 aromatic heterocycles. The van der Waals surface area contributed by atoms with Crippen LogP contribution in [-0.2, 0) is 43.3 Å². The molecular formula is C68H96O4P2. The molecule has 0 radical (unpaired) electrons. The van der Waals surface area contributed by atoms with Gasteiger partial charge in [-0.1, -0.05) is 263 Å². The van der Waals surface area contributed by atoms with Gasteiger partial charge in [0.25, 0.3) is 0 Å². The van der Waals surface area contributed by atoms with Crippen molar-refractivity contribution in [2.45, 2.75) is 209 Å². The molecule has 6 aromatic carbocycles. The highest BCUT2D eigenvalue weighted by Gasteiger charge is 2.29. The van der Waals surface area contributed by atoms with Crippen LogP contribution >= 0.6 is 18.5 Å². The quantitative estimate of drug-likeness (QED) is 0.0907. The average Bonchev–Trinajstić information content (AvgIpc) is 3.26. The van der Waals surface area contributed by atoms with E-state index in [-0.39, 0.29) is 43.3 Å².